The van der Waals surface area contributed by atoms with E-state index in [0.717, 1.165) is 22.6 Å². The Kier molecular flexibility index (Phi) is 9.74. The summed E-state index contributed by atoms with van der Waals surface area (Å²) in [5.74, 6) is 2.71. The van der Waals surface area contributed by atoms with Gasteiger partial charge in [0, 0.05) is 23.9 Å². The van der Waals surface area contributed by atoms with Gasteiger partial charge in [0.2, 0.25) is 5.88 Å². The molecule has 2 aromatic rings. The molecule has 0 aliphatic rings. The van der Waals surface area contributed by atoms with Gasteiger partial charge in [0.15, 0.2) is 5.96 Å². The SMILES string of the molecule is CCNC(=NCc1cccnc1OCC)NCC(C)(O)c1cc(C)oc1C.I. The molecule has 0 fully saturated rings. The second kappa shape index (κ2) is 11.3. The largest absolute Gasteiger partial charge is 0.478 e. The number of nitrogens with one attached hydrogen (secondary N) is 2. The van der Waals surface area contributed by atoms with Crippen molar-refractivity contribution in [1.82, 2.24) is 15.6 Å². The topological polar surface area (TPSA) is 91.9 Å². The van der Waals surface area contributed by atoms with E-state index in [-0.39, 0.29) is 24.0 Å². The lowest BCUT2D eigenvalue weighted by molar-refractivity contribution is 0.0601. The number of guanidine groups is 1. The number of rotatable bonds is 8. The van der Waals surface area contributed by atoms with Gasteiger partial charge in [-0.1, -0.05) is 6.07 Å². The normalized spacial score (nSPS) is 13.4. The zero-order valence-corrected chi connectivity index (χ0v) is 19.5. The van der Waals surface area contributed by atoms with Crippen LogP contribution in [0.3, 0.4) is 0 Å². The number of nitrogens with zero attached hydrogens (tertiary/aromatic N) is 2. The zero-order valence-electron chi connectivity index (χ0n) is 17.2. The fourth-order valence-corrected chi connectivity index (χ4v) is 2.83. The first kappa shape index (κ1) is 24.2. The number of pyridine rings is 1. The van der Waals surface area contributed by atoms with Gasteiger partial charge in [-0.15, -0.1) is 24.0 Å². The maximum atomic E-state index is 10.9. The summed E-state index contributed by atoms with van der Waals surface area (Å²) in [6.45, 7) is 11.4. The molecule has 0 bridgehead atoms. The Bertz CT molecular complexity index is 775. The number of hydrogen-bond acceptors (Lipinski definition) is 5. The van der Waals surface area contributed by atoms with Crippen molar-refractivity contribution >= 4 is 29.9 Å². The highest BCUT2D eigenvalue weighted by molar-refractivity contribution is 14.0. The van der Waals surface area contributed by atoms with Gasteiger partial charge in [-0.05, 0) is 46.8 Å². The van der Waals surface area contributed by atoms with Gasteiger partial charge in [0.05, 0.1) is 19.7 Å². The van der Waals surface area contributed by atoms with Crippen LogP contribution in [0.2, 0.25) is 0 Å². The van der Waals surface area contributed by atoms with Crippen LogP contribution in [0.15, 0.2) is 33.8 Å². The van der Waals surface area contributed by atoms with E-state index in [4.69, 9.17) is 9.15 Å². The van der Waals surface area contributed by atoms with E-state index in [1.54, 1.807) is 13.1 Å². The van der Waals surface area contributed by atoms with Gasteiger partial charge >= 0.3 is 0 Å². The number of ether oxygens (including phenoxy) is 1. The predicted molar refractivity (Wildman–Crippen MR) is 121 cm³/mol. The lowest BCUT2D eigenvalue weighted by Crippen LogP contribution is -2.44. The number of aliphatic hydroxyl groups is 1. The first-order valence-electron chi connectivity index (χ1n) is 9.26. The molecule has 0 saturated heterocycles. The highest BCUT2D eigenvalue weighted by Crippen LogP contribution is 2.26. The van der Waals surface area contributed by atoms with E-state index in [9.17, 15) is 5.11 Å². The third-order valence-electron chi connectivity index (χ3n) is 4.10. The lowest BCUT2D eigenvalue weighted by atomic mass is 9.96. The van der Waals surface area contributed by atoms with E-state index in [2.05, 4.69) is 20.6 Å². The summed E-state index contributed by atoms with van der Waals surface area (Å²) < 4.78 is 11.1. The molecular weight excluding hydrogens is 471 g/mol. The molecule has 0 aliphatic heterocycles. The minimum absolute atomic E-state index is 0. The Morgan fingerprint density at radius 2 is 2.07 bits per heavy atom. The molecule has 0 aliphatic carbocycles. The van der Waals surface area contributed by atoms with Gasteiger partial charge < -0.3 is 24.9 Å². The maximum Gasteiger partial charge on any atom is 0.218 e. The second-order valence-electron chi connectivity index (χ2n) is 6.55. The van der Waals surface area contributed by atoms with Crippen molar-refractivity contribution in [3.8, 4) is 5.88 Å². The highest BCUT2D eigenvalue weighted by Gasteiger charge is 2.27. The molecule has 7 nitrogen and oxygen atoms in total. The van der Waals surface area contributed by atoms with Crippen molar-refractivity contribution in [3.63, 3.8) is 0 Å². The maximum absolute atomic E-state index is 10.9. The Morgan fingerprint density at radius 3 is 2.68 bits per heavy atom. The minimum Gasteiger partial charge on any atom is -0.478 e. The van der Waals surface area contributed by atoms with Crippen LogP contribution in [-0.4, -0.2) is 35.7 Å². The van der Waals surface area contributed by atoms with E-state index < -0.39 is 5.60 Å². The van der Waals surface area contributed by atoms with Gasteiger partial charge in [0.25, 0.3) is 0 Å². The van der Waals surface area contributed by atoms with Gasteiger partial charge in [-0.3, -0.25) is 0 Å². The fraction of sp³-hybridized carbons (Fsp3) is 0.500. The average molecular weight is 502 g/mol. The first-order chi connectivity index (χ1) is 12.9. The molecule has 0 amide bonds. The van der Waals surface area contributed by atoms with Crippen LogP contribution in [0.25, 0.3) is 0 Å². The van der Waals surface area contributed by atoms with Crippen molar-refractivity contribution in [2.24, 2.45) is 4.99 Å². The second-order valence-corrected chi connectivity index (χ2v) is 6.55. The van der Waals surface area contributed by atoms with Crippen molar-refractivity contribution in [1.29, 1.82) is 0 Å². The van der Waals surface area contributed by atoms with Crippen LogP contribution < -0.4 is 15.4 Å². The molecule has 8 heteroatoms. The molecule has 3 N–H and O–H groups in total. The smallest absolute Gasteiger partial charge is 0.218 e. The standard InChI is InChI=1S/C20H30N4O3.HI/c1-6-21-19(23-12-16-9-8-10-22-18(16)26-7-2)24-13-20(5,25)17-11-14(3)27-15(17)4;/h8-11,25H,6-7,12-13H2,1-5H3,(H2,21,23,24);1H. The first-order valence-corrected chi connectivity index (χ1v) is 9.26. The molecule has 2 aromatic heterocycles. The molecule has 1 unspecified atom stereocenters. The molecule has 2 heterocycles. The molecular formula is C20H31IN4O3. The summed E-state index contributed by atoms with van der Waals surface area (Å²) in [6.07, 6.45) is 1.70. The third kappa shape index (κ3) is 6.66. The summed E-state index contributed by atoms with van der Waals surface area (Å²) in [7, 11) is 0. The summed E-state index contributed by atoms with van der Waals surface area (Å²) in [4.78, 5) is 8.84. The molecule has 156 valence electrons. The quantitative estimate of drug-likeness (QED) is 0.292. The van der Waals surface area contributed by atoms with E-state index in [1.807, 2.05) is 45.9 Å². The van der Waals surface area contributed by atoms with Crippen LogP contribution >= 0.6 is 24.0 Å². The van der Waals surface area contributed by atoms with E-state index in [0.29, 0.717) is 38.1 Å². The fourth-order valence-electron chi connectivity index (χ4n) is 2.83. The molecule has 0 aromatic carbocycles. The minimum atomic E-state index is -1.08. The predicted octanol–water partition coefficient (Wildman–Crippen LogP) is 3.27. The van der Waals surface area contributed by atoms with Crippen molar-refractivity contribution in [2.75, 3.05) is 19.7 Å². The van der Waals surface area contributed by atoms with Gasteiger partial charge in [0.1, 0.15) is 17.1 Å². The number of furan rings is 1. The number of halogens is 1. The molecule has 1 atom stereocenters. The van der Waals surface area contributed by atoms with Gasteiger partial charge in [-0.2, -0.15) is 0 Å². The van der Waals surface area contributed by atoms with Crippen LogP contribution in [0.4, 0.5) is 0 Å². The Balaban J connectivity index is 0.00000392. The monoisotopic (exact) mass is 502 g/mol. The molecule has 28 heavy (non-hydrogen) atoms. The molecule has 2 rings (SSSR count). The molecule has 0 radical (unpaired) electrons. The number of aromatic nitrogens is 1. The lowest BCUT2D eigenvalue weighted by Gasteiger charge is -2.24. The number of hydrogen-bond donors (Lipinski definition) is 3. The Morgan fingerprint density at radius 1 is 1.32 bits per heavy atom. The summed E-state index contributed by atoms with van der Waals surface area (Å²) in [6, 6.07) is 5.67. The average Bonchev–Trinajstić information content (AvgIpc) is 2.98. The van der Waals surface area contributed by atoms with Crippen LogP contribution in [0, 0.1) is 13.8 Å². The van der Waals surface area contributed by atoms with Crippen LogP contribution in [0.5, 0.6) is 5.88 Å². The van der Waals surface area contributed by atoms with E-state index >= 15 is 0 Å². The Labute approximate surface area is 184 Å². The van der Waals surface area contributed by atoms with E-state index in [1.165, 1.54) is 0 Å². The van der Waals surface area contributed by atoms with Crippen molar-refractivity contribution in [3.05, 3.63) is 47.0 Å². The van der Waals surface area contributed by atoms with Crippen molar-refractivity contribution < 1.29 is 14.3 Å². The van der Waals surface area contributed by atoms with Crippen molar-refractivity contribution in [2.45, 2.75) is 46.8 Å². The Hall–Kier alpha value is -1.81. The van der Waals surface area contributed by atoms with Crippen LogP contribution in [-0.2, 0) is 12.1 Å². The highest BCUT2D eigenvalue weighted by atomic mass is 127. The zero-order chi connectivity index (χ0) is 19.9. The molecule has 0 spiro atoms. The number of aryl methyl sites for hydroxylation is 2. The third-order valence-corrected chi connectivity index (χ3v) is 4.10. The van der Waals surface area contributed by atoms with Crippen LogP contribution in [0.1, 0.15) is 43.4 Å². The summed E-state index contributed by atoms with van der Waals surface area (Å²) >= 11 is 0. The summed E-state index contributed by atoms with van der Waals surface area (Å²) in [5, 5.41) is 17.3. The van der Waals surface area contributed by atoms with Gasteiger partial charge in [-0.25, -0.2) is 9.98 Å². The number of aliphatic imine (C=N–C) groups is 1. The molecule has 0 saturated carbocycles. The summed E-state index contributed by atoms with van der Waals surface area (Å²) in [5.41, 5.74) is 0.599.